The van der Waals surface area contributed by atoms with Crippen LogP contribution < -0.4 is 49.6 Å². The minimum atomic E-state index is -0.916. The molecule has 56 heavy (non-hydrogen) atoms. The lowest BCUT2D eigenvalue weighted by Gasteiger charge is -2.38. The van der Waals surface area contributed by atoms with Crippen molar-refractivity contribution in [3.05, 3.63) is 73.3 Å². The molecule has 1 aliphatic carbocycles. The molecule has 19 nitrogen and oxygen atoms in total. The zero-order chi connectivity index (χ0) is 40.7. The number of aromatic nitrogens is 1. The second kappa shape index (κ2) is 18.1. The lowest BCUT2D eigenvalue weighted by molar-refractivity contribution is -0.384. The Morgan fingerprint density at radius 3 is 2.21 bits per heavy atom. The maximum absolute atomic E-state index is 15.9. The Morgan fingerprint density at radius 2 is 1.62 bits per heavy atom. The summed E-state index contributed by atoms with van der Waals surface area (Å²) in [6.07, 6.45) is 4.38. The Kier molecular flexibility index (Phi) is 13.3. The van der Waals surface area contributed by atoms with Gasteiger partial charge in [0.25, 0.3) is 11.6 Å². The number of aliphatic imine (C=N–C) groups is 2. The molecule has 300 valence electrons. The van der Waals surface area contributed by atoms with Crippen LogP contribution in [-0.4, -0.2) is 95.4 Å². The molecule has 1 aromatic heterocycles. The van der Waals surface area contributed by atoms with E-state index >= 15 is 4.39 Å². The van der Waals surface area contributed by atoms with Crippen molar-refractivity contribution < 1.29 is 23.7 Å². The van der Waals surface area contributed by atoms with Gasteiger partial charge in [-0.05, 0) is 56.7 Å². The number of carbonyl (C=O) groups is 3. The normalized spacial score (nSPS) is 15.1. The maximum Gasteiger partial charge on any atom is 0.271 e. The van der Waals surface area contributed by atoms with Crippen molar-refractivity contribution in [3.8, 4) is 0 Å². The molecule has 2 fully saturated rings. The summed E-state index contributed by atoms with van der Waals surface area (Å²) in [4.78, 5) is 75.4. The van der Waals surface area contributed by atoms with Gasteiger partial charge in [-0.1, -0.05) is 11.6 Å². The molecular weight excluding hydrogens is 753 g/mol. The summed E-state index contributed by atoms with van der Waals surface area (Å²) >= 11 is 6.16. The Bertz CT molecular complexity index is 2110. The molecule has 0 bridgehead atoms. The zero-order valence-electron chi connectivity index (χ0n) is 30.5. The van der Waals surface area contributed by atoms with E-state index in [1.165, 1.54) is 18.3 Å². The van der Waals surface area contributed by atoms with E-state index in [4.69, 9.17) is 40.3 Å². The van der Waals surface area contributed by atoms with Gasteiger partial charge in [0.1, 0.15) is 17.4 Å². The predicted molar refractivity (Wildman–Crippen MR) is 211 cm³/mol. The van der Waals surface area contributed by atoms with Gasteiger partial charge < -0.3 is 53.7 Å². The van der Waals surface area contributed by atoms with E-state index in [1.807, 2.05) is 0 Å². The van der Waals surface area contributed by atoms with Gasteiger partial charge in [0.05, 0.1) is 32.9 Å². The number of fused-ring (bicyclic) bond motifs is 1. The standard InChI is InChI=1S/C35H45ClFN13O6/c36-23-15-20(50(55)56)7-8-26(23)45-31(52)22-18-49(19-5-6-19)28-17-29(24(37)16-21(28)30(22)51)47-11-13-48(14-12-47)33(54)27(4-2-10-44-35(41)42)46-32(53)25(38)3-1-9-43-34(39)40/h7-8,15-19,25,27H,1-6,9-14,38H2,(H,45,52)(H,46,53)(H4,39,40,43)(H4,41,42,44)/t25-,27-/m0/s1. The number of anilines is 2. The van der Waals surface area contributed by atoms with Crippen molar-refractivity contribution in [1.29, 1.82) is 0 Å². The summed E-state index contributed by atoms with van der Waals surface area (Å²) in [5.41, 5.74) is 27.2. The fourth-order valence-corrected chi connectivity index (χ4v) is 6.63. The van der Waals surface area contributed by atoms with Gasteiger partial charge >= 0.3 is 0 Å². The highest BCUT2D eigenvalue weighted by molar-refractivity contribution is 6.34. The Balaban J connectivity index is 1.30. The molecule has 12 N–H and O–H groups in total. The number of pyridine rings is 1. The van der Waals surface area contributed by atoms with Crippen molar-refractivity contribution in [1.82, 2.24) is 14.8 Å². The number of nitrogens with one attached hydrogen (secondary N) is 2. The number of non-ortho nitro benzene ring substituents is 1. The van der Waals surface area contributed by atoms with Gasteiger partial charge in [-0.25, -0.2) is 4.39 Å². The van der Waals surface area contributed by atoms with Gasteiger partial charge in [-0.3, -0.25) is 39.3 Å². The number of nitrogens with zero attached hydrogens (tertiary/aromatic N) is 6. The molecule has 3 aromatic rings. The van der Waals surface area contributed by atoms with Gasteiger partial charge in [0.15, 0.2) is 11.9 Å². The van der Waals surface area contributed by atoms with E-state index < -0.39 is 40.1 Å². The lowest BCUT2D eigenvalue weighted by atomic mass is 10.1. The lowest BCUT2D eigenvalue weighted by Crippen LogP contribution is -2.56. The third-order valence-electron chi connectivity index (χ3n) is 9.49. The number of piperazine rings is 1. The first kappa shape index (κ1) is 41.1. The number of nitro groups is 1. The van der Waals surface area contributed by atoms with Crippen LogP contribution in [0.3, 0.4) is 0 Å². The van der Waals surface area contributed by atoms with Crippen LogP contribution in [0.5, 0.6) is 0 Å². The molecule has 2 aromatic carbocycles. The van der Waals surface area contributed by atoms with Crippen molar-refractivity contribution in [2.45, 2.75) is 56.7 Å². The minimum absolute atomic E-state index is 0.00293. The molecule has 0 spiro atoms. The molecule has 21 heteroatoms. The topological polar surface area (TPSA) is 302 Å². The van der Waals surface area contributed by atoms with Gasteiger partial charge in [0, 0.05) is 69.0 Å². The number of rotatable bonds is 16. The van der Waals surface area contributed by atoms with E-state index in [0.717, 1.165) is 25.0 Å². The second-order valence-corrected chi connectivity index (χ2v) is 14.0. The molecule has 3 amide bonds. The largest absolute Gasteiger partial charge is 0.370 e. The number of hydrogen-bond acceptors (Lipinski definition) is 10. The van der Waals surface area contributed by atoms with Crippen molar-refractivity contribution >= 4 is 69.2 Å². The molecule has 2 heterocycles. The average molecular weight is 798 g/mol. The summed E-state index contributed by atoms with van der Waals surface area (Å²) in [5, 5.41) is 16.3. The van der Waals surface area contributed by atoms with E-state index in [2.05, 4.69) is 20.6 Å². The average Bonchev–Trinajstić information content (AvgIpc) is 4.00. The smallest absolute Gasteiger partial charge is 0.271 e. The summed E-state index contributed by atoms with van der Waals surface area (Å²) in [5.74, 6) is -2.50. The fourth-order valence-electron chi connectivity index (χ4n) is 6.40. The highest BCUT2D eigenvalue weighted by atomic mass is 35.5. The molecular formula is C35H45ClFN13O6. The molecule has 1 saturated heterocycles. The Hall–Kier alpha value is -6.02. The van der Waals surface area contributed by atoms with Crippen LogP contribution in [0.2, 0.25) is 5.02 Å². The quantitative estimate of drug-likeness (QED) is 0.0349. The predicted octanol–water partition coefficient (Wildman–Crippen LogP) is 0.857. The number of hydrogen-bond donors (Lipinski definition) is 7. The first-order chi connectivity index (χ1) is 26.6. The molecule has 2 aliphatic rings. The van der Waals surface area contributed by atoms with E-state index in [1.54, 1.807) is 20.4 Å². The van der Waals surface area contributed by atoms with Gasteiger partial charge in [0.2, 0.25) is 17.2 Å². The molecule has 1 saturated carbocycles. The molecule has 0 radical (unpaired) electrons. The number of nitrogens with two attached hydrogens (primary N) is 5. The highest BCUT2D eigenvalue weighted by Crippen LogP contribution is 2.38. The van der Waals surface area contributed by atoms with Crippen molar-refractivity contribution in [2.75, 3.05) is 49.5 Å². The van der Waals surface area contributed by atoms with E-state index in [0.29, 0.717) is 24.9 Å². The first-order valence-electron chi connectivity index (χ1n) is 18.0. The van der Waals surface area contributed by atoms with Crippen LogP contribution in [-0.2, 0) is 9.59 Å². The van der Waals surface area contributed by atoms with E-state index in [9.17, 15) is 29.3 Å². The van der Waals surface area contributed by atoms with E-state index in [-0.39, 0.29) is 102 Å². The monoisotopic (exact) mass is 797 g/mol. The zero-order valence-corrected chi connectivity index (χ0v) is 31.2. The summed E-state index contributed by atoms with van der Waals surface area (Å²) in [6.45, 7) is 1.45. The maximum atomic E-state index is 15.9. The summed E-state index contributed by atoms with van der Waals surface area (Å²) in [7, 11) is 0. The highest BCUT2D eigenvalue weighted by Gasteiger charge is 2.32. The van der Waals surface area contributed by atoms with Crippen molar-refractivity contribution in [3.63, 3.8) is 0 Å². The number of carbonyl (C=O) groups excluding carboxylic acids is 3. The Morgan fingerprint density at radius 1 is 0.982 bits per heavy atom. The number of nitro benzene ring substituents is 1. The van der Waals surface area contributed by atoms with Gasteiger partial charge in [-0.15, -0.1) is 0 Å². The fraction of sp³-hybridized carbons (Fsp3) is 0.429. The Labute approximate surface area is 325 Å². The molecule has 0 unspecified atom stereocenters. The van der Waals surface area contributed by atoms with Crippen LogP contribution in [0.25, 0.3) is 10.9 Å². The minimum Gasteiger partial charge on any atom is -0.370 e. The van der Waals surface area contributed by atoms with Crippen LogP contribution in [0.4, 0.5) is 21.5 Å². The van der Waals surface area contributed by atoms with Crippen LogP contribution in [0, 0.1) is 15.9 Å². The van der Waals surface area contributed by atoms with Gasteiger partial charge in [-0.2, -0.15) is 0 Å². The molecule has 2 atom stereocenters. The first-order valence-corrected chi connectivity index (χ1v) is 18.4. The molecule has 5 rings (SSSR count). The molecule has 1 aliphatic heterocycles. The third-order valence-corrected chi connectivity index (χ3v) is 9.81. The number of amides is 3. The SMILES string of the molecule is NC(N)=NCCC[C@H](NC(=O)[C@@H](N)CCCN=C(N)N)C(=O)N1CCN(c2cc3c(cc2F)c(=O)c(C(=O)Nc2ccc([N+](=O)[O-])cc2Cl)cn3C2CC2)CC1. The second-order valence-electron chi connectivity index (χ2n) is 13.6. The van der Waals surface area contributed by atoms with Crippen LogP contribution in [0.15, 0.2) is 51.3 Å². The number of benzene rings is 2. The number of guanidine groups is 2. The van der Waals surface area contributed by atoms with Crippen LogP contribution in [0.1, 0.15) is 54.9 Å². The summed E-state index contributed by atoms with van der Waals surface area (Å²) < 4.78 is 17.7. The van der Waals surface area contributed by atoms with Crippen molar-refractivity contribution in [2.24, 2.45) is 38.7 Å². The van der Waals surface area contributed by atoms with Crippen LogP contribution >= 0.6 is 11.6 Å². The third kappa shape index (κ3) is 10.2. The number of halogens is 2. The summed E-state index contributed by atoms with van der Waals surface area (Å²) in [6, 6.07) is 4.36.